The second-order valence-corrected chi connectivity index (χ2v) is 15.1. The molecule has 0 radical (unpaired) electrons. The predicted molar refractivity (Wildman–Crippen MR) is 194 cm³/mol. The fraction of sp³-hybridized carbons (Fsp3) is 0.368. The maximum absolute atomic E-state index is 14.4. The van der Waals surface area contributed by atoms with Gasteiger partial charge >= 0.3 is 6.09 Å². The van der Waals surface area contributed by atoms with Gasteiger partial charge in [0.05, 0.1) is 24.9 Å². The van der Waals surface area contributed by atoms with Gasteiger partial charge in [-0.25, -0.2) is 9.78 Å². The summed E-state index contributed by atoms with van der Waals surface area (Å²) in [5.74, 6) is 0.456. The number of alkyl carbamates (subject to hydrolysis) is 1. The minimum absolute atomic E-state index is 0.112. The Morgan fingerprint density at radius 2 is 1.63 bits per heavy atom. The van der Waals surface area contributed by atoms with Crippen LogP contribution in [0, 0.1) is 5.41 Å². The van der Waals surface area contributed by atoms with Crippen LogP contribution >= 0.6 is 15.9 Å². The molecule has 258 valence electrons. The lowest BCUT2D eigenvalue weighted by atomic mass is 9.85. The quantitative estimate of drug-likeness (QED) is 0.192. The molecule has 4 aromatic rings. The Morgan fingerprint density at radius 1 is 0.939 bits per heavy atom. The van der Waals surface area contributed by atoms with E-state index in [1.165, 1.54) is 4.90 Å². The van der Waals surface area contributed by atoms with Gasteiger partial charge < -0.3 is 29.7 Å². The number of nitrogens with one attached hydrogen (secondary N) is 2. The van der Waals surface area contributed by atoms with Gasteiger partial charge in [-0.05, 0) is 62.6 Å². The first kappa shape index (κ1) is 35.7. The molecule has 0 aliphatic carbocycles. The number of carbonyl (C=O) groups excluding carboxylic acids is 3. The summed E-state index contributed by atoms with van der Waals surface area (Å²) in [7, 11) is 1.60. The fourth-order valence-electron chi connectivity index (χ4n) is 5.71. The standard InChI is InChI=1S/C38H43BrN4O6/c1-37(2,3)33(42-36(46)49-38(4,5)6)35(45)43-22-27(20-31(43)34(44)40-25-15-13-24(39)14-16-25)48-32-21-29(23-11-9-8-10-12-23)41-30-19-26(47-7)17-18-28(30)32/h8-19,21,27,31,33H,20,22H2,1-7H3,(H,40,44)(H,42,46)/t27-,31+,33-/m1/s1. The molecule has 2 heterocycles. The number of ether oxygens (including phenoxy) is 3. The normalized spacial score (nSPS) is 16.9. The van der Waals surface area contributed by atoms with Crippen molar-refractivity contribution in [3.8, 4) is 22.8 Å². The predicted octanol–water partition coefficient (Wildman–Crippen LogP) is 7.60. The molecule has 0 spiro atoms. The van der Waals surface area contributed by atoms with Crippen LogP contribution in [0.1, 0.15) is 48.0 Å². The van der Waals surface area contributed by atoms with Crippen LogP contribution in [0.5, 0.6) is 11.5 Å². The molecule has 3 amide bonds. The average Bonchev–Trinajstić information content (AvgIpc) is 3.47. The zero-order valence-corrected chi connectivity index (χ0v) is 30.5. The van der Waals surface area contributed by atoms with Crippen molar-refractivity contribution < 1.29 is 28.6 Å². The monoisotopic (exact) mass is 730 g/mol. The van der Waals surface area contributed by atoms with Crippen molar-refractivity contribution in [3.63, 3.8) is 0 Å². The third-order valence-corrected chi connectivity index (χ3v) is 8.61. The van der Waals surface area contributed by atoms with E-state index < -0.39 is 41.2 Å². The van der Waals surface area contributed by atoms with Gasteiger partial charge in [-0.1, -0.05) is 67.0 Å². The van der Waals surface area contributed by atoms with Crippen LogP contribution < -0.4 is 20.1 Å². The van der Waals surface area contributed by atoms with Gasteiger partial charge in [0.25, 0.3) is 0 Å². The summed E-state index contributed by atoms with van der Waals surface area (Å²) < 4.78 is 18.5. The summed E-state index contributed by atoms with van der Waals surface area (Å²) in [6.07, 6.45) is -1.04. The summed E-state index contributed by atoms with van der Waals surface area (Å²) >= 11 is 3.42. The van der Waals surface area contributed by atoms with Gasteiger partial charge in [0.1, 0.15) is 35.3 Å². The van der Waals surface area contributed by atoms with Crippen LogP contribution in [0.25, 0.3) is 22.2 Å². The lowest BCUT2D eigenvalue weighted by Crippen LogP contribution is -2.57. The van der Waals surface area contributed by atoms with E-state index in [2.05, 4.69) is 26.6 Å². The molecule has 5 rings (SSSR count). The first-order valence-electron chi connectivity index (χ1n) is 16.2. The van der Waals surface area contributed by atoms with Crippen molar-refractivity contribution in [1.82, 2.24) is 15.2 Å². The molecular formula is C38H43BrN4O6. The second kappa shape index (κ2) is 14.5. The SMILES string of the molecule is COc1ccc2c(O[C@@H]3C[C@@H](C(=O)Nc4ccc(Br)cc4)N(C(=O)[C@@H](NC(=O)OC(C)(C)C)C(C)(C)C)C3)cc(-c3ccccc3)nc2c1. The van der Waals surface area contributed by atoms with Crippen molar-refractivity contribution in [2.24, 2.45) is 5.41 Å². The largest absolute Gasteiger partial charge is 0.497 e. The molecule has 1 aliphatic heterocycles. The summed E-state index contributed by atoms with van der Waals surface area (Å²) in [6, 6.07) is 22.6. The highest BCUT2D eigenvalue weighted by molar-refractivity contribution is 9.10. The highest BCUT2D eigenvalue weighted by atomic mass is 79.9. The first-order chi connectivity index (χ1) is 23.1. The number of benzene rings is 3. The lowest BCUT2D eigenvalue weighted by Gasteiger charge is -2.35. The smallest absolute Gasteiger partial charge is 0.408 e. The van der Waals surface area contributed by atoms with Crippen molar-refractivity contribution >= 4 is 50.4 Å². The average molecular weight is 732 g/mol. The zero-order chi connectivity index (χ0) is 35.5. The number of carbonyl (C=O) groups is 3. The second-order valence-electron chi connectivity index (χ2n) is 14.2. The maximum Gasteiger partial charge on any atom is 0.408 e. The van der Waals surface area contributed by atoms with Crippen LogP contribution in [-0.2, 0) is 14.3 Å². The minimum atomic E-state index is -0.983. The Hall–Kier alpha value is -4.64. The number of likely N-dealkylation sites (tertiary alicyclic amines) is 1. The molecule has 0 unspecified atom stereocenters. The number of rotatable bonds is 8. The summed E-state index contributed by atoms with van der Waals surface area (Å²) in [5.41, 5.74) is 1.43. The van der Waals surface area contributed by atoms with E-state index in [-0.39, 0.29) is 18.9 Å². The number of anilines is 1. The highest BCUT2D eigenvalue weighted by Crippen LogP contribution is 2.35. The maximum atomic E-state index is 14.4. The van der Waals surface area contributed by atoms with Crippen molar-refractivity contribution in [2.45, 2.75) is 71.8 Å². The molecule has 11 heteroatoms. The highest BCUT2D eigenvalue weighted by Gasteiger charge is 2.46. The van der Waals surface area contributed by atoms with Gasteiger partial charge in [-0.15, -0.1) is 0 Å². The fourth-order valence-corrected chi connectivity index (χ4v) is 5.98. The topological polar surface area (TPSA) is 119 Å². The molecule has 3 atom stereocenters. The van der Waals surface area contributed by atoms with Crippen LogP contribution in [0.3, 0.4) is 0 Å². The minimum Gasteiger partial charge on any atom is -0.497 e. The molecule has 0 saturated carbocycles. The van der Waals surface area contributed by atoms with E-state index in [1.807, 2.05) is 87.5 Å². The number of pyridine rings is 1. The van der Waals surface area contributed by atoms with Gasteiger partial charge in [0.15, 0.2) is 0 Å². The molecular weight excluding hydrogens is 688 g/mol. The first-order valence-corrected chi connectivity index (χ1v) is 17.0. The molecule has 10 nitrogen and oxygen atoms in total. The summed E-state index contributed by atoms with van der Waals surface area (Å²) in [4.78, 5) is 47.6. The lowest BCUT2D eigenvalue weighted by molar-refractivity contribution is -0.140. The van der Waals surface area contributed by atoms with Crippen LogP contribution in [0.2, 0.25) is 0 Å². The van der Waals surface area contributed by atoms with Crippen LogP contribution in [0.15, 0.2) is 83.3 Å². The number of halogens is 1. The number of aromatic nitrogens is 1. The molecule has 1 saturated heterocycles. The Morgan fingerprint density at radius 3 is 2.27 bits per heavy atom. The molecule has 1 aliphatic rings. The Labute approximate surface area is 295 Å². The van der Waals surface area contributed by atoms with Crippen LogP contribution in [-0.4, -0.2) is 65.2 Å². The summed E-state index contributed by atoms with van der Waals surface area (Å²) in [6.45, 7) is 11.0. The van der Waals surface area contributed by atoms with Gasteiger partial charge in [0, 0.05) is 39.7 Å². The van der Waals surface area contributed by atoms with E-state index in [4.69, 9.17) is 19.2 Å². The third kappa shape index (κ3) is 8.89. The Balaban J connectivity index is 1.50. The molecule has 2 N–H and O–H groups in total. The van der Waals surface area contributed by atoms with E-state index in [0.29, 0.717) is 28.4 Å². The number of methoxy groups -OCH3 is 1. The third-order valence-electron chi connectivity index (χ3n) is 8.08. The van der Waals surface area contributed by atoms with Gasteiger partial charge in [-0.2, -0.15) is 0 Å². The molecule has 0 bridgehead atoms. The zero-order valence-electron chi connectivity index (χ0n) is 28.9. The number of nitrogens with zero attached hydrogens (tertiary/aromatic N) is 2. The van der Waals surface area contributed by atoms with Gasteiger partial charge in [-0.3, -0.25) is 9.59 Å². The molecule has 49 heavy (non-hydrogen) atoms. The summed E-state index contributed by atoms with van der Waals surface area (Å²) in [5, 5.41) is 6.50. The number of amides is 3. The number of hydrogen-bond donors (Lipinski definition) is 2. The van der Waals surface area contributed by atoms with E-state index in [9.17, 15) is 14.4 Å². The van der Waals surface area contributed by atoms with E-state index in [0.717, 1.165) is 15.4 Å². The molecule has 3 aromatic carbocycles. The van der Waals surface area contributed by atoms with E-state index >= 15 is 0 Å². The van der Waals surface area contributed by atoms with Crippen LogP contribution in [0.4, 0.5) is 10.5 Å². The Bertz CT molecular complexity index is 1820. The number of hydrogen-bond acceptors (Lipinski definition) is 7. The van der Waals surface area contributed by atoms with Crippen molar-refractivity contribution in [3.05, 3.63) is 83.3 Å². The van der Waals surface area contributed by atoms with Crippen molar-refractivity contribution in [1.29, 1.82) is 0 Å². The van der Waals surface area contributed by atoms with Gasteiger partial charge in [0.2, 0.25) is 11.8 Å². The molecule has 1 aromatic heterocycles. The number of fused-ring (bicyclic) bond motifs is 1. The Kier molecular flexibility index (Phi) is 10.5. The molecule has 1 fully saturated rings. The van der Waals surface area contributed by atoms with Crippen molar-refractivity contribution in [2.75, 3.05) is 19.0 Å². The van der Waals surface area contributed by atoms with E-state index in [1.54, 1.807) is 40.0 Å².